The van der Waals surface area contributed by atoms with Gasteiger partial charge in [-0.25, -0.2) is 0 Å². The van der Waals surface area contributed by atoms with Gasteiger partial charge in [0.25, 0.3) is 0 Å². The lowest BCUT2D eigenvalue weighted by molar-refractivity contribution is -0.147. The monoisotopic (exact) mass is 471 g/mol. The van der Waals surface area contributed by atoms with Crippen LogP contribution in [0.25, 0.3) is 0 Å². The summed E-state index contributed by atoms with van der Waals surface area (Å²) in [6.07, 6.45) is 0.825. The molecule has 0 spiro atoms. The molecule has 1 aliphatic heterocycles. The van der Waals surface area contributed by atoms with Gasteiger partial charge in [0.05, 0.1) is 5.92 Å². The third-order valence-corrected chi connectivity index (χ3v) is 6.88. The number of nitrogens with zero attached hydrogens (tertiary/aromatic N) is 1. The van der Waals surface area contributed by atoms with E-state index >= 15 is 0 Å². The number of carboxylic acid groups (broad SMARTS) is 1. The van der Waals surface area contributed by atoms with E-state index in [4.69, 9.17) is 16.7 Å². The number of aryl methyl sites for hydroxylation is 3. The summed E-state index contributed by atoms with van der Waals surface area (Å²) in [5.74, 6) is 6.05. The lowest BCUT2D eigenvalue weighted by Crippen LogP contribution is -2.49. The second kappa shape index (κ2) is 10.5. The fourth-order valence-electron chi connectivity index (χ4n) is 4.38. The molecule has 34 heavy (non-hydrogen) atoms. The first kappa shape index (κ1) is 24.1. The molecule has 0 amide bonds. The maximum atomic E-state index is 11.0. The summed E-state index contributed by atoms with van der Waals surface area (Å²) < 4.78 is 0. The van der Waals surface area contributed by atoms with Gasteiger partial charge in [-0.2, -0.15) is 0 Å². The third-order valence-electron chi connectivity index (χ3n) is 6.65. The minimum absolute atomic E-state index is 0.0360. The topological polar surface area (TPSA) is 40.5 Å². The van der Waals surface area contributed by atoms with Crippen LogP contribution in [0.3, 0.4) is 0 Å². The number of carboxylic acids is 1. The summed E-state index contributed by atoms with van der Waals surface area (Å²) in [6.45, 7) is 8.38. The Balaban J connectivity index is 1.53. The van der Waals surface area contributed by atoms with Crippen molar-refractivity contribution in [3.8, 4) is 11.8 Å². The SMILES string of the molecule is Cc1ccc(CC(C#Cc2ccc(CN3CC(C(=O)O)C3)cc2C)c2cccc(Cl)c2)cc1C. The highest BCUT2D eigenvalue weighted by molar-refractivity contribution is 6.30. The number of rotatable bonds is 6. The molecule has 0 bridgehead atoms. The Kier molecular flexibility index (Phi) is 7.41. The van der Waals surface area contributed by atoms with E-state index in [1.54, 1.807) is 0 Å². The van der Waals surface area contributed by atoms with Crippen LogP contribution >= 0.6 is 11.6 Å². The zero-order valence-corrected chi connectivity index (χ0v) is 20.7. The van der Waals surface area contributed by atoms with Crippen LogP contribution < -0.4 is 0 Å². The fraction of sp³-hybridized carbons (Fsp3) is 0.300. The molecule has 1 heterocycles. The zero-order chi connectivity index (χ0) is 24.2. The van der Waals surface area contributed by atoms with Crippen molar-refractivity contribution in [1.29, 1.82) is 0 Å². The molecule has 4 rings (SSSR count). The van der Waals surface area contributed by atoms with E-state index in [0.717, 1.165) is 34.7 Å². The average Bonchev–Trinajstić information content (AvgIpc) is 2.76. The number of hydrogen-bond acceptors (Lipinski definition) is 2. The molecule has 0 saturated carbocycles. The van der Waals surface area contributed by atoms with Crippen molar-refractivity contribution in [1.82, 2.24) is 4.90 Å². The van der Waals surface area contributed by atoms with Crippen LogP contribution in [0.2, 0.25) is 5.02 Å². The molecule has 3 nitrogen and oxygen atoms in total. The van der Waals surface area contributed by atoms with E-state index in [1.165, 1.54) is 22.3 Å². The molecule has 0 radical (unpaired) electrons. The Bertz CT molecular complexity index is 1260. The first-order valence-corrected chi connectivity index (χ1v) is 12.0. The first-order valence-electron chi connectivity index (χ1n) is 11.7. The number of benzene rings is 3. The molecule has 4 heteroatoms. The first-order chi connectivity index (χ1) is 16.3. The van der Waals surface area contributed by atoms with Crippen LogP contribution in [0.5, 0.6) is 0 Å². The second-order valence-electron chi connectivity index (χ2n) is 9.38. The highest BCUT2D eigenvalue weighted by Gasteiger charge is 2.32. The summed E-state index contributed by atoms with van der Waals surface area (Å²) in [7, 11) is 0. The van der Waals surface area contributed by atoms with Gasteiger partial charge in [0.1, 0.15) is 0 Å². The van der Waals surface area contributed by atoms with E-state index in [1.807, 2.05) is 18.2 Å². The quantitative estimate of drug-likeness (QED) is 0.438. The van der Waals surface area contributed by atoms with Crippen molar-refractivity contribution in [2.75, 3.05) is 13.1 Å². The summed E-state index contributed by atoms with van der Waals surface area (Å²) >= 11 is 6.30. The normalized spacial score (nSPS) is 14.7. The second-order valence-corrected chi connectivity index (χ2v) is 9.81. The molecule has 174 valence electrons. The molecule has 0 aromatic heterocycles. The number of aliphatic carboxylic acids is 1. The minimum Gasteiger partial charge on any atom is -0.481 e. The highest BCUT2D eigenvalue weighted by Crippen LogP contribution is 2.25. The van der Waals surface area contributed by atoms with Crippen molar-refractivity contribution < 1.29 is 9.90 Å². The smallest absolute Gasteiger partial charge is 0.309 e. The van der Waals surface area contributed by atoms with E-state index in [9.17, 15) is 4.79 Å². The standard InChI is InChI=1S/C30H30ClNO2/c1-20-7-8-23(13-21(20)2)15-27(26-5-4-6-29(31)16-26)12-11-25-10-9-24(14-22(25)3)17-32-18-28(19-32)30(33)34/h4-10,13-14,16,27-28H,15,17-19H2,1-3H3,(H,33,34). The molecule has 1 N–H and O–H groups in total. The number of halogens is 1. The Hall–Kier alpha value is -3.06. The molecule has 3 aromatic rings. The van der Waals surface area contributed by atoms with Gasteiger partial charge in [0.2, 0.25) is 0 Å². The predicted molar refractivity (Wildman–Crippen MR) is 138 cm³/mol. The van der Waals surface area contributed by atoms with Gasteiger partial charge >= 0.3 is 5.97 Å². The number of hydrogen-bond donors (Lipinski definition) is 1. The highest BCUT2D eigenvalue weighted by atomic mass is 35.5. The molecule has 1 fully saturated rings. The third kappa shape index (κ3) is 5.89. The van der Waals surface area contributed by atoms with Crippen LogP contribution in [0, 0.1) is 38.5 Å². The van der Waals surface area contributed by atoms with Crippen LogP contribution in [0.1, 0.15) is 44.9 Å². The van der Waals surface area contributed by atoms with Gasteiger partial charge in [-0.1, -0.05) is 65.9 Å². The van der Waals surface area contributed by atoms with E-state index < -0.39 is 5.97 Å². The van der Waals surface area contributed by atoms with E-state index in [-0.39, 0.29) is 11.8 Å². The van der Waals surface area contributed by atoms with Gasteiger partial charge in [-0.05, 0) is 78.8 Å². The molecular weight excluding hydrogens is 442 g/mol. The Morgan fingerprint density at radius 3 is 2.41 bits per heavy atom. The van der Waals surface area contributed by atoms with Gasteiger partial charge in [0.15, 0.2) is 0 Å². The molecular formula is C30H30ClNO2. The lowest BCUT2D eigenvalue weighted by atomic mass is 9.90. The predicted octanol–water partition coefficient (Wildman–Crippen LogP) is 6.16. The molecule has 3 aromatic carbocycles. The van der Waals surface area contributed by atoms with Crippen molar-refractivity contribution >= 4 is 17.6 Å². The van der Waals surface area contributed by atoms with Crippen LogP contribution in [0.4, 0.5) is 0 Å². The maximum absolute atomic E-state index is 11.0. The van der Waals surface area contributed by atoms with Gasteiger partial charge in [-0.15, -0.1) is 0 Å². The lowest BCUT2D eigenvalue weighted by Gasteiger charge is -2.36. The van der Waals surface area contributed by atoms with Crippen LogP contribution in [0.15, 0.2) is 60.7 Å². The maximum Gasteiger partial charge on any atom is 0.309 e. The Morgan fingerprint density at radius 1 is 1.00 bits per heavy atom. The molecule has 1 saturated heterocycles. The molecule has 1 unspecified atom stereocenters. The number of likely N-dealkylation sites (tertiary alicyclic amines) is 1. The van der Waals surface area contributed by atoms with E-state index in [2.05, 4.69) is 80.0 Å². The summed E-state index contributed by atoms with van der Waals surface area (Å²) in [6, 6.07) is 20.9. The Labute approximate surface area is 207 Å². The average molecular weight is 472 g/mol. The Morgan fingerprint density at radius 2 is 1.74 bits per heavy atom. The van der Waals surface area contributed by atoms with Gasteiger partial charge in [0, 0.05) is 36.1 Å². The van der Waals surface area contributed by atoms with Crippen molar-refractivity contribution in [3.63, 3.8) is 0 Å². The largest absolute Gasteiger partial charge is 0.481 e. The summed E-state index contributed by atoms with van der Waals surface area (Å²) in [5.41, 5.74) is 8.31. The number of carbonyl (C=O) groups is 1. The minimum atomic E-state index is -0.701. The summed E-state index contributed by atoms with van der Waals surface area (Å²) in [4.78, 5) is 13.2. The molecule has 1 atom stereocenters. The summed E-state index contributed by atoms with van der Waals surface area (Å²) in [5, 5.41) is 9.79. The van der Waals surface area contributed by atoms with Gasteiger partial charge < -0.3 is 5.11 Å². The zero-order valence-electron chi connectivity index (χ0n) is 19.9. The van der Waals surface area contributed by atoms with Crippen LogP contribution in [-0.2, 0) is 17.8 Å². The fourth-order valence-corrected chi connectivity index (χ4v) is 4.58. The van der Waals surface area contributed by atoms with Crippen molar-refractivity contribution in [2.24, 2.45) is 5.92 Å². The van der Waals surface area contributed by atoms with E-state index in [0.29, 0.717) is 13.1 Å². The van der Waals surface area contributed by atoms with Crippen LogP contribution in [-0.4, -0.2) is 29.1 Å². The molecule has 0 aliphatic carbocycles. The van der Waals surface area contributed by atoms with Crippen molar-refractivity contribution in [2.45, 2.75) is 39.7 Å². The van der Waals surface area contributed by atoms with Crippen molar-refractivity contribution in [3.05, 3.63) is 105 Å². The molecule has 1 aliphatic rings. The van der Waals surface area contributed by atoms with Gasteiger partial charge in [-0.3, -0.25) is 9.69 Å².